The van der Waals surface area contributed by atoms with Crippen LogP contribution in [0, 0.1) is 0 Å². The fourth-order valence-electron chi connectivity index (χ4n) is 4.07. The van der Waals surface area contributed by atoms with Gasteiger partial charge in [0.2, 0.25) is 22.8 Å². The Balaban J connectivity index is 2.09. The number of ether oxygens (including phenoxy) is 3. The minimum Gasteiger partial charge on any atom is -0.502 e. The molecule has 1 amide bonds. The summed E-state index contributed by atoms with van der Waals surface area (Å²) in [6.45, 7) is 2.27. The van der Waals surface area contributed by atoms with Crippen molar-refractivity contribution in [3.8, 4) is 23.0 Å². The summed E-state index contributed by atoms with van der Waals surface area (Å²) in [6, 6.07) is 4.58. The summed E-state index contributed by atoms with van der Waals surface area (Å²) in [5.41, 5.74) is 5.46. The van der Waals surface area contributed by atoms with E-state index in [9.17, 15) is 14.7 Å². The molecule has 0 aliphatic carbocycles. The van der Waals surface area contributed by atoms with Gasteiger partial charge >= 0.3 is 0 Å². The van der Waals surface area contributed by atoms with Crippen LogP contribution < -0.4 is 25.4 Å². The fraction of sp³-hybridized carbons (Fsp3) is 0.478. The number of methoxy groups -OCH3 is 3. The lowest BCUT2D eigenvalue weighted by atomic mass is 9.91. The molecule has 1 saturated heterocycles. The monoisotopic (exact) mass is 446 g/mol. The van der Waals surface area contributed by atoms with Crippen LogP contribution in [0.4, 0.5) is 0 Å². The Morgan fingerprint density at radius 3 is 2.25 bits per heavy atom. The van der Waals surface area contributed by atoms with Crippen LogP contribution in [0.1, 0.15) is 48.7 Å². The summed E-state index contributed by atoms with van der Waals surface area (Å²) >= 11 is 0. The molecule has 174 valence electrons. The second kappa shape index (κ2) is 10.4. The maximum atomic E-state index is 12.6. The highest BCUT2D eigenvalue weighted by Gasteiger charge is 2.28. The maximum absolute atomic E-state index is 12.6. The molecule has 2 heterocycles. The first-order valence-corrected chi connectivity index (χ1v) is 10.5. The molecule has 0 radical (unpaired) electrons. The van der Waals surface area contributed by atoms with Gasteiger partial charge in [-0.05, 0) is 43.6 Å². The molecule has 0 bridgehead atoms. The fourth-order valence-corrected chi connectivity index (χ4v) is 4.07. The lowest BCUT2D eigenvalue weighted by molar-refractivity contribution is -0.118. The molecule has 1 atom stereocenters. The van der Waals surface area contributed by atoms with Crippen LogP contribution in [0.3, 0.4) is 0 Å². The van der Waals surface area contributed by atoms with Gasteiger partial charge in [0, 0.05) is 12.5 Å². The molecule has 0 spiro atoms. The second-order valence-corrected chi connectivity index (χ2v) is 7.81. The first-order chi connectivity index (χ1) is 15.4. The number of carbonyl (C=O) groups is 1. The van der Waals surface area contributed by atoms with Gasteiger partial charge in [-0.15, -0.1) is 0 Å². The van der Waals surface area contributed by atoms with Gasteiger partial charge < -0.3 is 29.5 Å². The Hall–Kier alpha value is -3.20. The van der Waals surface area contributed by atoms with Gasteiger partial charge in [-0.3, -0.25) is 14.5 Å². The number of piperidine rings is 1. The first-order valence-electron chi connectivity index (χ1n) is 10.5. The summed E-state index contributed by atoms with van der Waals surface area (Å²) in [7, 11) is 4.43. The number of hydrogen-bond donors (Lipinski definition) is 2. The van der Waals surface area contributed by atoms with Gasteiger partial charge in [-0.2, -0.15) is 0 Å². The quantitative estimate of drug-likeness (QED) is 0.602. The van der Waals surface area contributed by atoms with Gasteiger partial charge in [-0.1, -0.05) is 6.42 Å². The van der Waals surface area contributed by atoms with Crippen molar-refractivity contribution in [2.45, 2.75) is 38.1 Å². The molecule has 3 rings (SSSR count). The highest BCUT2D eigenvalue weighted by molar-refractivity contribution is 5.75. The van der Waals surface area contributed by atoms with E-state index in [-0.39, 0.29) is 12.2 Å². The molecule has 9 nitrogen and oxygen atoms in total. The number of aromatic hydroxyl groups is 1. The van der Waals surface area contributed by atoms with E-state index in [4.69, 9.17) is 24.4 Å². The van der Waals surface area contributed by atoms with Crippen molar-refractivity contribution in [2.24, 2.45) is 5.73 Å². The van der Waals surface area contributed by atoms with E-state index in [1.165, 1.54) is 33.8 Å². The Morgan fingerprint density at radius 1 is 1.09 bits per heavy atom. The third-order valence-electron chi connectivity index (χ3n) is 5.64. The zero-order valence-electron chi connectivity index (χ0n) is 18.7. The Labute approximate surface area is 186 Å². The van der Waals surface area contributed by atoms with E-state index in [1.54, 1.807) is 12.1 Å². The van der Waals surface area contributed by atoms with Gasteiger partial charge in [-0.25, -0.2) is 0 Å². The van der Waals surface area contributed by atoms with E-state index in [0.29, 0.717) is 35.1 Å². The molecule has 1 aromatic heterocycles. The Morgan fingerprint density at radius 2 is 1.72 bits per heavy atom. The lowest BCUT2D eigenvalue weighted by Crippen LogP contribution is -2.29. The zero-order chi connectivity index (χ0) is 23.3. The van der Waals surface area contributed by atoms with Gasteiger partial charge in [0.15, 0.2) is 17.3 Å². The minimum absolute atomic E-state index is 0.0161. The summed E-state index contributed by atoms with van der Waals surface area (Å²) in [4.78, 5) is 26.7. The molecule has 2 aromatic rings. The van der Waals surface area contributed by atoms with E-state index < -0.39 is 23.0 Å². The van der Waals surface area contributed by atoms with E-state index in [0.717, 1.165) is 25.9 Å². The lowest BCUT2D eigenvalue weighted by Gasteiger charge is -2.26. The van der Waals surface area contributed by atoms with Crippen molar-refractivity contribution < 1.29 is 28.5 Å². The van der Waals surface area contributed by atoms with Crippen LogP contribution >= 0.6 is 0 Å². The number of rotatable bonds is 9. The largest absolute Gasteiger partial charge is 0.502 e. The second-order valence-electron chi connectivity index (χ2n) is 7.81. The van der Waals surface area contributed by atoms with Gasteiger partial charge in [0.1, 0.15) is 5.76 Å². The number of hydrogen-bond acceptors (Lipinski definition) is 8. The molecular formula is C23H30N2O7. The van der Waals surface area contributed by atoms with Crippen LogP contribution in [-0.4, -0.2) is 50.3 Å². The molecule has 1 aliphatic rings. The molecule has 0 unspecified atom stereocenters. The molecule has 1 fully saturated rings. The Bertz CT molecular complexity index is 987. The Kier molecular flexibility index (Phi) is 7.63. The number of nitrogens with two attached hydrogens (primary N) is 1. The molecular weight excluding hydrogens is 416 g/mol. The topological polar surface area (TPSA) is 124 Å². The number of nitrogens with zero attached hydrogens (tertiary/aromatic N) is 1. The average molecular weight is 447 g/mol. The van der Waals surface area contributed by atoms with Crippen molar-refractivity contribution in [3.63, 3.8) is 0 Å². The van der Waals surface area contributed by atoms with Gasteiger partial charge in [0.25, 0.3) is 0 Å². The maximum Gasteiger partial charge on any atom is 0.227 e. The third-order valence-corrected chi connectivity index (χ3v) is 5.64. The molecule has 1 aliphatic heterocycles. The highest BCUT2D eigenvalue weighted by Crippen LogP contribution is 2.43. The minimum atomic E-state index is -0.824. The number of primary amides is 1. The molecule has 0 saturated carbocycles. The van der Waals surface area contributed by atoms with E-state index in [1.807, 2.05) is 0 Å². The summed E-state index contributed by atoms with van der Waals surface area (Å²) in [6.07, 6.45) is 3.17. The van der Waals surface area contributed by atoms with Crippen molar-refractivity contribution in [3.05, 3.63) is 45.5 Å². The van der Waals surface area contributed by atoms with Crippen LogP contribution in [0.25, 0.3) is 0 Å². The smallest absolute Gasteiger partial charge is 0.227 e. The number of benzene rings is 1. The van der Waals surface area contributed by atoms with E-state index >= 15 is 0 Å². The number of carbonyl (C=O) groups excluding carboxylic acids is 1. The zero-order valence-corrected chi connectivity index (χ0v) is 18.7. The SMILES string of the molecule is COc1cc([C@@H](CC(N)=O)c2oc(CN3CCCCC3)cc(=O)c2O)cc(OC)c1OC. The predicted molar refractivity (Wildman–Crippen MR) is 118 cm³/mol. The average Bonchev–Trinajstić information content (AvgIpc) is 2.79. The van der Waals surface area contributed by atoms with Crippen LogP contribution in [-0.2, 0) is 11.3 Å². The van der Waals surface area contributed by atoms with Crippen LogP contribution in [0.15, 0.2) is 27.4 Å². The molecule has 3 N–H and O–H groups in total. The van der Waals surface area contributed by atoms with Crippen LogP contribution in [0.2, 0.25) is 0 Å². The highest BCUT2D eigenvalue weighted by atomic mass is 16.5. The standard InChI is InChI=1S/C23H30N2O7/c1-29-18-9-14(10-19(30-2)23(18)31-3)16(12-20(24)27)22-21(28)17(26)11-15(32-22)13-25-7-5-4-6-8-25/h9-11,16,28H,4-8,12-13H2,1-3H3,(H2,24,27)/t16-/m1/s1. The normalized spacial score (nSPS) is 15.2. The first kappa shape index (κ1) is 23.5. The summed E-state index contributed by atoms with van der Waals surface area (Å²) in [5, 5.41) is 10.6. The molecule has 1 aromatic carbocycles. The number of amides is 1. The third kappa shape index (κ3) is 5.16. The van der Waals surface area contributed by atoms with Crippen molar-refractivity contribution >= 4 is 5.91 Å². The van der Waals surface area contributed by atoms with Gasteiger partial charge in [0.05, 0.1) is 33.8 Å². The molecule has 32 heavy (non-hydrogen) atoms. The predicted octanol–water partition coefficient (Wildman–Crippen LogP) is 2.36. The number of likely N-dealkylation sites (tertiary alicyclic amines) is 1. The van der Waals surface area contributed by atoms with Crippen molar-refractivity contribution in [1.82, 2.24) is 4.90 Å². The summed E-state index contributed by atoms with van der Waals surface area (Å²) < 4.78 is 22.2. The van der Waals surface area contributed by atoms with E-state index in [2.05, 4.69) is 4.90 Å². The summed E-state index contributed by atoms with van der Waals surface area (Å²) in [5.74, 6) is -0.481. The molecule has 9 heteroatoms. The van der Waals surface area contributed by atoms with Crippen molar-refractivity contribution in [2.75, 3.05) is 34.4 Å². The van der Waals surface area contributed by atoms with Crippen molar-refractivity contribution in [1.29, 1.82) is 0 Å². The van der Waals surface area contributed by atoms with Crippen LogP contribution in [0.5, 0.6) is 23.0 Å².